The lowest BCUT2D eigenvalue weighted by Crippen LogP contribution is -2.45. The first-order valence-electron chi connectivity index (χ1n) is 9.67. The van der Waals surface area contributed by atoms with E-state index in [1.807, 2.05) is 54.9 Å². The van der Waals surface area contributed by atoms with Gasteiger partial charge in [0.2, 0.25) is 5.91 Å². The third-order valence-electron chi connectivity index (χ3n) is 5.04. The molecule has 0 bridgehead atoms. The van der Waals surface area contributed by atoms with E-state index >= 15 is 0 Å². The van der Waals surface area contributed by atoms with Gasteiger partial charge in [-0.2, -0.15) is 5.10 Å². The molecule has 28 heavy (non-hydrogen) atoms. The maximum atomic E-state index is 12.5. The summed E-state index contributed by atoms with van der Waals surface area (Å²) in [6, 6.07) is 9.85. The number of carbonyl (C=O) groups excluding carboxylic acids is 1. The number of nitrogens with one attached hydrogen (secondary N) is 1. The predicted molar refractivity (Wildman–Crippen MR) is 112 cm³/mol. The van der Waals surface area contributed by atoms with Gasteiger partial charge in [0.15, 0.2) is 5.82 Å². The van der Waals surface area contributed by atoms with E-state index < -0.39 is 0 Å². The van der Waals surface area contributed by atoms with Gasteiger partial charge in [0, 0.05) is 37.1 Å². The lowest BCUT2D eigenvalue weighted by atomic mass is 9.96. The molecule has 1 aliphatic heterocycles. The molecule has 1 atom stereocenters. The number of benzene rings is 1. The van der Waals surface area contributed by atoms with Crippen molar-refractivity contribution in [1.29, 1.82) is 0 Å². The highest BCUT2D eigenvalue weighted by Gasteiger charge is 2.28. The maximum absolute atomic E-state index is 12.5. The molecule has 1 amide bonds. The molecule has 146 valence electrons. The summed E-state index contributed by atoms with van der Waals surface area (Å²) in [5.74, 6) is 0.955. The van der Waals surface area contributed by atoms with Crippen molar-refractivity contribution in [2.24, 2.45) is 5.92 Å². The minimum Gasteiger partial charge on any atom is -0.354 e. The molecule has 3 aromatic rings. The van der Waals surface area contributed by atoms with Crippen molar-refractivity contribution in [3.8, 4) is 11.3 Å². The van der Waals surface area contributed by atoms with Gasteiger partial charge in [0.05, 0.1) is 16.6 Å². The van der Waals surface area contributed by atoms with E-state index in [4.69, 9.17) is 11.6 Å². The second-order valence-electron chi connectivity index (χ2n) is 7.54. The smallest absolute Gasteiger partial charge is 0.225 e. The average molecular weight is 398 g/mol. The molecule has 4 rings (SSSR count). The fourth-order valence-electron chi connectivity index (χ4n) is 3.74. The molecule has 3 heterocycles. The predicted octanol–water partition coefficient (Wildman–Crippen LogP) is 3.79. The normalized spacial score (nSPS) is 17.3. The van der Waals surface area contributed by atoms with Crippen LogP contribution in [0.3, 0.4) is 0 Å². The number of nitrogens with zero attached hydrogens (tertiary/aromatic N) is 4. The molecule has 1 fully saturated rings. The summed E-state index contributed by atoms with van der Waals surface area (Å²) in [7, 11) is 0. The zero-order valence-electron chi connectivity index (χ0n) is 16.1. The molecule has 1 aromatic carbocycles. The Morgan fingerprint density at radius 1 is 1.32 bits per heavy atom. The largest absolute Gasteiger partial charge is 0.354 e. The monoisotopic (exact) mass is 397 g/mol. The van der Waals surface area contributed by atoms with Gasteiger partial charge in [0.25, 0.3) is 0 Å². The van der Waals surface area contributed by atoms with Gasteiger partial charge in [-0.15, -0.1) is 0 Å². The third kappa shape index (κ3) is 3.69. The van der Waals surface area contributed by atoms with Crippen molar-refractivity contribution in [2.45, 2.75) is 32.7 Å². The SMILES string of the molecule is CC(C)NC(=O)[C@@H]1CCCN(c2nccn3nc(-c4ccccc4Cl)cc23)C1. The van der Waals surface area contributed by atoms with Crippen molar-refractivity contribution in [3.05, 3.63) is 47.7 Å². The molecular weight excluding hydrogens is 374 g/mol. The zero-order valence-corrected chi connectivity index (χ0v) is 16.9. The van der Waals surface area contributed by atoms with E-state index in [0.717, 1.165) is 42.0 Å². The molecule has 6 nitrogen and oxygen atoms in total. The molecule has 0 unspecified atom stereocenters. The molecule has 0 radical (unpaired) electrons. The second kappa shape index (κ2) is 7.80. The fraction of sp³-hybridized carbons (Fsp3) is 0.381. The van der Waals surface area contributed by atoms with Crippen LogP contribution in [-0.4, -0.2) is 39.6 Å². The summed E-state index contributed by atoms with van der Waals surface area (Å²) < 4.78 is 1.83. The summed E-state index contributed by atoms with van der Waals surface area (Å²) in [4.78, 5) is 19.3. The third-order valence-corrected chi connectivity index (χ3v) is 5.37. The van der Waals surface area contributed by atoms with Crippen LogP contribution in [0.15, 0.2) is 42.7 Å². The highest BCUT2D eigenvalue weighted by atomic mass is 35.5. The Kier molecular flexibility index (Phi) is 5.22. The maximum Gasteiger partial charge on any atom is 0.225 e. The number of anilines is 1. The number of rotatable bonds is 4. The molecule has 0 saturated carbocycles. The summed E-state index contributed by atoms with van der Waals surface area (Å²) in [6.45, 7) is 5.52. The summed E-state index contributed by atoms with van der Waals surface area (Å²) in [5.41, 5.74) is 2.62. The first-order valence-corrected chi connectivity index (χ1v) is 10.1. The molecule has 0 aliphatic carbocycles. The van der Waals surface area contributed by atoms with Crippen molar-refractivity contribution in [2.75, 3.05) is 18.0 Å². The summed E-state index contributed by atoms with van der Waals surface area (Å²) in [6.07, 6.45) is 5.46. The summed E-state index contributed by atoms with van der Waals surface area (Å²) in [5, 5.41) is 8.38. The van der Waals surface area contributed by atoms with Crippen molar-refractivity contribution in [3.63, 3.8) is 0 Å². The van der Waals surface area contributed by atoms with Gasteiger partial charge in [-0.05, 0) is 38.8 Å². The van der Waals surface area contributed by atoms with E-state index in [-0.39, 0.29) is 17.9 Å². The highest BCUT2D eigenvalue weighted by molar-refractivity contribution is 6.33. The van der Waals surface area contributed by atoms with Crippen LogP contribution in [0.4, 0.5) is 5.82 Å². The van der Waals surface area contributed by atoms with Crippen LogP contribution in [0.1, 0.15) is 26.7 Å². The number of amides is 1. The number of halogens is 1. The molecular formula is C21H24ClN5O. The molecule has 1 saturated heterocycles. The van der Waals surface area contributed by atoms with Crippen LogP contribution in [0.25, 0.3) is 16.8 Å². The standard InChI is InChI=1S/C21H24ClN5O/c1-14(2)24-21(28)15-6-5-10-26(13-15)20-19-12-18(25-27(19)11-9-23-20)16-7-3-4-8-17(16)22/h3-4,7-9,11-12,14-15H,5-6,10,13H2,1-2H3,(H,24,28)/t15-/m1/s1. The Labute approximate surface area is 169 Å². The van der Waals surface area contributed by atoms with Crippen LogP contribution < -0.4 is 10.2 Å². The van der Waals surface area contributed by atoms with Gasteiger partial charge in [-0.3, -0.25) is 4.79 Å². The van der Waals surface area contributed by atoms with Crippen molar-refractivity contribution >= 4 is 28.8 Å². The van der Waals surface area contributed by atoms with E-state index in [0.29, 0.717) is 11.6 Å². The van der Waals surface area contributed by atoms with Crippen LogP contribution in [0.2, 0.25) is 5.02 Å². The number of carbonyl (C=O) groups is 1. The molecule has 1 aliphatic rings. The Morgan fingerprint density at radius 3 is 2.93 bits per heavy atom. The Hall–Kier alpha value is -2.60. The topological polar surface area (TPSA) is 62.5 Å². The number of aromatic nitrogens is 3. The summed E-state index contributed by atoms with van der Waals surface area (Å²) >= 11 is 6.35. The Morgan fingerprint density at radius 2 is 2.14 bits per heavy atom. The van der Waals surface area contributed by atoms with Crippen molar-refractivity contribution in [1.82, 2.24) is 19.9 Å². The Bertz CT molecular complexity index is 999. The van der Waals surface area contributed by atoms with Crippen LogP contribution in [0.5, 0.6) is 0 Å². The van der Waals surface area contributed by atoms with Gasteiger partial charge in [-0.25, -0.2) is 9.50 Å². The lowest BCUT2D eigenvalue weighted by molar-refractivity contribution is -0.125. The first kappa shape index (κ1) is 18.7. The number of hydrogen-bond donors (Lipinski definition) is 1. The lowest BCUT2D eigenvalue weighted by Gasteiger charge is -2.33. The van der Waals surface area contributed by atoms with Crippen molar-refractivity contribution < 1.29 is 4.79 Å². The van der Waals surface area contributed by atoms with E-state index in [1.165, 1.54) is 0 Å². The quantitative estimate of drug-likeness (QED) is 0.727. The molecule has 2 aromatic heterocycles. The van der Waals surface area contributed by atoms with E-state index in [2.05, 4.69) is 20.3 Å². The highest BCUT2D eigenvalue weighted by Crippen LogP contribution is 2.31. The first-order chi connectivity index (χ1) is 13.5. The zero-order chi connectivity index (χ0) is 19.7. The number of fused-ring (bicyclic) bond motifs is 1. The van der Waals surface area contributed by atoms with Crippen LogP contribution >= 0.6 is 11.6 Å². The van der Waals surface area contributed by atoms with Gasteiger partial charge in [-0.1, -0.05) is 29.8 Å². The molecule has 1 N–H and O–H groups in total. The average Bonchev–Trinajstić information content (AvgIpc) is 3.12. The minimum atomic E-state index is -0.0239. The molecule has 7 heteroatoms. The number of piperidine rings is 1. The van der Waals surface area contributed by atoms with Gasteiger partial charge >= 0.3 is 0 Å². The fourth-order valence-corrected chi connectivity index (χ4v) is 3.97. The van der Waals surface area contributed by atoms with Gasteiger partial charge in [0.1, 0.15) is 5.52 Å². The van der Waals surface area contributed by atoms with E-state index in [1.54, 1.807) is 6.20 Å². The minimum absolute atomic E-state index is 0.0239. The van der Waals surface area contributed by atoms with Gasteiger partial charge < -0.3 is 10.2 Å². The number of hydrogen-bond acceptors (Lipinski definition) is 4. The van der Waals surface area contributed by atoms with Crippen LogP contribution in [0, 0.1) is 5.92 Å². The molecule has 0 spiro atoms. The Balaban J connectivity index is 1.65. The van der Waals surface area contributed by atoms with Crippen LogP contribution in [-0.2, 0) is 4.79 Å². The second-order valence-corrected chi connectivity index (χ2v) is 7.95. The van der Waals surface area contributed by atoms with E-state index in [9.17, 15) is 4.79 Å².